The van der Waals surface area contributed by atoms with Gasteiger partial charge in [0.1, 0.15) is 0 Å². The highest BCUT2D eigenvalue weighted by Gasteiger charge is 2.43. The summed E-state index contributed by atoms with van der Waals surface area (Å²) in [5.41, 5.74) is 17.0. The highest BCUT2D eigenvalue weighted by molar-refractivity contribution is 6.10. The Bertz CT molecular complexity index is 2620. The summed E-state index contributed by atoms with van der Waals surface area (Å²) >= 11 is 0. The van der Waals surface area contributed by atoms with Crippen LogP contribution >= 0.6 is 0 Å². The van der Waals surface area contributed by atoms with Crippen LogP contribution in [0.1, 0.15) is 50.1 Å². The number of fused-ring (bicyclic) bond motifs is 12. The van der Waals surface area contributed by atoms with Crippen LogP contribution in [-0.2, 0) is 10.8 Å². The Morgan fingerprint density at radius 3 is 1.30 bits per heavy atom. The minimum absolute atomic E-state index is 0.197. The number of nitrogens with zero attached hydrogens (tertiary/aromatic N) is 3. The Labute approximate surface area is 291 Å². The van der Waals surface area contributed by atoms with E-state index < -0.39 is 0 Å². The number of para-hydroxylation sites is 4. The molecule has 2 aliphatic rings. The molecule has 3 heterocycles. The number of pyridine rings is 1. The second-order valence-electron chi connectivity index (χ2n) is 15.2. The lowest BCUT2D eigenvalue weighted by molar-refractivity contribution is 0.631. The summed E-state index contributed by atoms with van der Waals surface area (Å²) in [6, 6.07) is 51.5. The first-order chi connectivity index (χ1) is 24.3. The van der Waals surface area contributed by atoms with Gasteiger partial charge >= 0.3 is 0 Å². The molecular weight excluding hydrogens is 607 g/mol. The Morgan fingerprint density at radius 2 is 0.820 bits per heavy atom. The van der Waals surface area contributed by atoms with Gasteiger partial charge < -0.3 is 9.13 Å². The topological polar surface area (TPSA) is 22.8 Å². The van der Waals surface area contributed by atoms with E-state index in [1.165, 1.54) is 94.1 Å². The zero-order valence-corrected chi connectivity index (χ0v) is 28.6. The molecule has 0 bridgehead atoms. The Kier molecular flexibility index (Phi) is 5.25. The van der Waals surface area contributed by atoms with Crippen molar-refractivity contribution < 1.29 is 0 Å². The van der Waals surface area contributed by atoms with Gasteiger partial charge in [-0.05, 0) is 76.9 Å². The maximum atomic E-state index is 5.61. The second-order valence-corrected chi connectivity index (χ2v) is 15.2. The van der Waals surface area contributed by atoms with E-state index in [1.54, 1.807) is 0 Å². The normalized spacial score (nSPS) is 15.1. The van der Waals surface area contributed by atoms with Gasteiger partial charge in [0.25, 0.3) is 0 Å². The number of hydrogen-bond acceptors (Lipinski definition) is 1. The molecule has 0 spiro atoms. The minimum atomic E-state index is -0.246. The lowest BCUT2D eigenvalue weighted by atomic mass is 9.81. The summed E-state index contributed by atoms with van der Waals surface area (Å²) in [5, 5.41) is 5.13. The van der Waals surface area contributed by atoms with Crippen molar-refractivity contribution in [2.45, 2.75) is 38.5 Å². The zero-order chi connectivity index (χ0) is 33.5. The standard InChI is InChI=1S/C47H35N3/c1-46(2)38-26-29(50-42-19-11-7-15-33(42)34-16-8-12-20-43(34)50)22-24-35(38)44-39(46)27-36-30-23-21-28(25-37(30)47(3,4)45(36)48-44)49-40-17-9-5-13-31(40)32-14-6-10-18-41(32)49/h5-27H,1-4H3. The lowest BCUT2D eigenvalue weighted by Gasteiger charge is -2.23. The van der Waals surface area contributed by atoms with Crippen LogP contribution in [-0.4, -0.2) is 14.1 Å². The lowest BCUT2D eigenvalue weighted by Crippen LogP contribution is -2.19. The predicted molar refractivity (Wildman–Crippen MR) is 208 cm³/mol. The van der Waals surface area contributed by atoms with Gasteiger partial charge in [0.2, 0.25) is 0 Å². The second kappa shape index (κ2) is 9.40. The van der Waals surface area contributed by atoms with E-state index in [2.05, 4.69) is 176 Å². The van der Waals surface area contributed by atoms with Crippen molar-refractivity contribution in [2.24, 2.45) is 0 Å². The largest absolute Gasteiger partial charge is 0.309 e. The maximum absolute atomic E-state index is 5.61. The molecule has 50 heavy (non-hydrogen) atoms. The smallest absolute Gasteiger partial charge is 0.0750 e. The van der Waals surface area contributed by atoms with Crippen molar-refractivity contribution in [3.63, 3.8) is 0 Å². The third-order valence-corrected chi connectivity index (χ3v) is 11.9. The summed E-state index contributed by atoms with van der Waals surface area (Å²) in [7, 11) is 0. The van der Waals surface area contributed by atoms with Crippen molar-refractivity contribution in [1.29, 1.82) is 0 Å². The van der Waals surface area contributed by atoms with E-state index in [-0.39, 0.29) is 10.8 Å². The van der Waals surface area contributed by atoms with E-state index in [0.717, 1.165) is 5.69 Å². The molecule has 0 saturated carbocycles. The van der Waals surface area contributed by atoms with Gasteiger partial charge in [0.05, 0.1) is 33.5 Å². The molecule has 6 aromatic carbocycles. The summed E-state index contributed by atoms with van der Waals surface area (Å²) in [6.07, 6.45) is 0. The third kappa shape index (κ3) is 3.42. The van der Waals surface area contributed by atoms with Crippen molar-refractivity contribution in [2.75, 3.05) is 0 Å². The molecule has 0 unspecified atom stereocenters. The zero-order valence-electron chi connectivity index (χ0n) is 28.6. The fourth-order valence-electron chi connectivity index (χ4n) is 9.37. The first-order valence-corrected chi connectivity index (χ1v) is 17.7. The molecule has 3 heteroatoms. The van der Waals surface area contributed by atoms with Gasteiger partial charge in [-0.1, -0.05) is 113 Å². The Morgan fingerprint density at radius 1 is 0.400 bits per heavy atom. The first-order valence-electron chi connectivity index (χ1n) is 17.7. The number of rotatable bonds is 2. The number of benzene rings is 6. The van der Waals surface area contributed by atoms with Crippen molar-refractivity contribution in [3.8, 4) is 33.8 Å². The maximum Gasteiger partial charge on any atom is 0.0750 e. The molecule has 0 amide bonds. The van der Waals surface area contributed by atoms with Crippen LogP contribution < -0.4 is 0 Å². The Hall–Kier alpha value is -5.93. The fourth-order valence-corrected chi connectivity index (χ4v) is 9.37. The van der Waals surface area contributed by atoms with Crippen molar-refractivity contribution >= 4 is 43.6 Å². The average Bonchev–Trinajstić information content (AvgIpc) is 3.80. The molecule has 2 aliphatic carbocycles. The molecular formula is C47H35N3. The van der Waals surface area contributed by atoms with Crippen LogP contribution in [0.15, 0.2) is 140 Å². The molecule has 0 aliphatic heterocycles. The van der Waals surface area contributed by atoms with E-state index in [1.807, 2.05) is 0 Å². The SMILES string of the molecule is CC1(C)c2cc(-n3c4ccccc4c4ccccc43)ccc2-c2nc3c(cc21)-c1ccc(-n2c4ccccc4c4ccccc42)cc1C3(C)C. The van der Waals surface area contributed by atoms with Gasteiger partial charge in [0.15, 0.2) is 0 Å². The summed E-state index contributed by atoms with van der Waals surface area (Å²) < 4.78 is 4.84. The number of hydrogen-bond donors (Lipinski definition) is 0. The third-order valence-electron chi connectivity index (χ3n) is 11.9. The van der Waals surface area contributed by atoms with Crippen molar-refractivity contribution in [3.05, 3.63) is 162 Å². The van der Waals surface area contributed by atoms with Gasteiger partial charge in [0, 0.05) is 54.9 Å². The van der Waals surface area contributed by atoms with Crippen LogP contribution in [0.25, 0.3) is 77.4 Å². The van der Waals surface area contributed by atoms with Gasteiger partial charge in [-0.2, -0.15) is 0 Å². The Balaban J connectivity index is 1.07. The molecule has 9 aromatic rings. The average molecular weight is 642 g/mol. The van der Waals surface area contributed by atoms with Crippen LogP contribution in [0.5, 0.6) is 0 Å². The molecule has 0 saturated heterocycles. The minimum Gasteiger partial charge on any atom is -0.309 e. The molecule has 238 valence electrons. The van der Waals surface area contributed by atoms with Crippen LogP contribution in [0, 0.1) is 0 Å². The number of aromatic nitrogens is 3. The summed E-state index contributed by atoms with van der Waals surface area (Å²) in [5.74, 6) is 0. The van der Waals surface area contributed by atoms with Crippen LogP contribution in [0.4, 0.5) is 0 Å². The molecule has 0 atom stereocenters. The van der Waals surface area contributed by atoms with Gasteiger partial charge in [-0.3, -0.25) is 4.98 Å². The first kappa shape index (κ1) is 28.0. The van der Waals surface area contributed by atoms with Gasteiger partial charge in [-0.15, -0.1) is 0 Å². The predicted octanol–water partition coefficient (Wildman–Crippen LogP) is 11.9. The highest BCUT2D eigenvalue weighted by Crippen LogP contribution is 2.55. The van der Waals surface area contributed by atoms with Crippen LogP contribution in [0.3, 0.4) is 0 Å². The summed E-state index contributed by atoms with van der Waals surface area (Å²) in [6.45, 7) is 9.43. The molecule has 0 radical (unpaired) electrons. The van der Waals surface area contributed by atoms with E-state index >= 15 is 0 Å². The van der Waals surface area contributed by atoms with Crippen LogP contribution in [0.2, 0.25) is 0 Å². The molecule has 3 nitrogen and oxygen atoms in total. The molecule has 0 fully saturated rings. The fraction of sp³-hybridized carbons (Fsp3) is 0.128. The monoisotopic (exact) mass is 641 g/mol. The molecule has 3 aromatic heterocycles. The van der Waals surface area contributed by atoms with E-state index in [9.17, 15) is 0 Å². The van der Waals surface area contributed by atoms with Gasteiger partial charge in [-0.25, -0.2) is 0 Å². The highest BCUT2D eigenvalue weighted by atomic mass is 15.0. The molecule has 11 rings (SSSR count). The van der Waals surface area contributed by atoms with E-state index in [4.69, 9.17) is 4.98 Å². The van der Waals surface area contributed by atoms with Crippen molar-refractivity contribution in [1.82, 2.24) is 14.1 Å². The quantitative estimate of drug-likeness (QED) is 0.184. The van der Waals surface area contributed by atoms with E-state index in [0.29, 0.717) is 0 Å². The molecule has 0 N–H and O–H groups in total. The summed E-state index contributed by atoms with van der Waals surface area (Å²) in [4.78, 5) is 5.61.